The van der Waals surface area contributed by atoms with E-state index in [1.54, 1.807) is 13.1 Å². The highest BCUT2D eigenvalue weighted by Gasteiger charge is 2.43. The quantitative estimate of drug-likeness (QED) is 0.846. The van der Waals surface area contributed by atoms with Gasteiger partial charge in [0.15, 0.2) is 5.78 Å². The third-order valence-electron chi connectivity index (χ3n) is 3.51. The monoisotopic (exact) mass is 253 g/mol. The van der Waals surface area contributed by atoms with Crippen LogP contribution in [0.5, 0.6) is 0 Å². The van der Waals surface area contributed by atoms with E-state index in [2.05, 4.69) is 5.32 Å². The fourth-order valence-corrected chi connectivity index (χ4v) is 2.80. The van der Waals surface area contributed by atoms with Crippen molar-refractivity contribution >= 4 is 17.4 Å². The number of nitrogens with one attached hydrogen (secondary N) is 1. The van der Waals surface area contributed by atoms with Gasteiger partial charge in [-0.1, -0.05) is 29.8 Å². The lowest BCUT2D eigenvalue weighted by Gasteiger charge is -2.38. The molecule has 4 heteroatoms. The number of aliphatic hydroxyl groups is 1. The van der Waals surface area contributed by atoms with E-state index in [0.29, 0.717) is 17.9 Å². The number of likely N-dealkylation sites (N-methyl/N-ethyl adjacent to an activating group) is 1. The Morgan fingerprint density at radius 1 is 1.47 bits per heavy atom. The Morgan fingerprint density at radius 3 is 2.76 bits per heavy atom. The molecule has 2 N–H and O–H groups in total. The number of carbonyl (C=O) groups excluding carboxylic acids is 1. The molecule has 1 aromatic carbocycles. The number of rotatable bonds is 2. The molecule has 1 aliphatic rings. The molecule has 1 aliphatic carbocycles. The summed E-state index contributed by atoms with van der Waals surface area (Å²) in [6.45, 7) is 0. The van der Waals surface area contributed by atoms with E-state index in [0.717, 1.165) is 5.56 Å². The number of Topliss-reactive ketones (excluding diaryl/α,β-unsaturated/α-hetero) is 1. The lowest BCUT2D eigenvalue weighted by molar-refractivity contribution is -0.131. The van der Waals surface area contributed by atoms with Crippen LogP contribution in [0.4, 0.5) is 0 Å². The maximum atomic E-state index is 12.2. The van der Waals surface area contributed by atoms with Gasteiger partial charge >= 0.3 is 0 Å². The third kappa shape index (κ3) is 2.10. The van der Waals surface area contributed by atoms with Gasteiger partial charge in [-0.15, -0.1) is 0 Å². The molecular formula is C13H16ClNO2. The molecule has 0 bridgehead atoms. The summed E-state index contributed by atoms with van der Waals surface area (Å²) in [4.78, 5) is 12.2. The van der Waals surface area contributed by atoms with Crippen LogP contribution in [0.3, 0.4) is 0 Å². The van der Waals surface area contributed by atoms with Crippen LogP contribution in [-0.2, 0) is 10.3 Å². The second-order valence-electron chi connectivity index (χ2n) is 4.45. The molecule has 1 fully saturated rings. The topological polar surface area (TPSA) is 49.3 Å². The van der Waals surface area contributed by atoms with Crippen molar-refractivity contribution < 1.29 is 9.90 Å². The number of halogens is 1. The Balaban J connectivity index is 2.45. The van der Waals surface area contributed by atoms with Crippen molar-refractivity contribution in [1.82, 2.24) is 5.32 Å². The van der Waals surface area contributed by atoms with Crippen molar-refractivity contribution in [1.29, 1.82) is 0 Å². The fraction of sp³-hybridized carbons (Fsp3) is 0.462. The lowest BCUT2D eigenvalue weighted by Crippen LogP contribution is -2.51. The molecule has 3 nitrogen and oxygen atoms in total. The Bertz CT molecular complexity index is 435. The van der Waals surface area contributed by atoms with Gasteiger partial charge in [0.1, 0.15) is 5.54 Å². The second kappa shape index (κ2) is 4.77. The van der Waals surface area contributed by atoms with Crippen molar-refractivity contribution in [2.45, 2.75) is 30.9 Å². The van der Waals surface area contributed by atoms with Crippen LogP contribution in [0.1, 0.15) is 24.8 Å². The van der Waals surface area contributed by atoms with Crippen LogP contribution >= 0.6 is 11.6 Å². The molecule has 2 atom stereocenters. The van der Waals surface area contributed by atoms with E-state index in [1.807, 2.05) is 18.2 Å². The van der Waals surface area contributed by atoms with E-state index in [-0.39, 0.29) is 12.2 Å². The maximum Gasteiger partial charge on any atom is 0.160 e. The lowest BCUT2D eigenvalue weighted by atomic mass is 9.74. The van der Waals surface area contributed by atoms with Crippen LogP contribution in [-0.4, -0.2) is 24.0 Å². The van der Waals surface area contributed by atoms with Gasteiger partial charge in [0.05, 0.1) is 6.10 Å². The minimum atomic E-state index is -0.739. The first-order valence-corrected chi connectivity index (χ1v) is 6.13. The average Bonchev–Trinajstić information content (AvgIpc) is 2.31. The van der Waals surface area contributed by atoms with Crippen LogP contribution in [0.2, 0.25) is 5.02 Å². The van der Waals surface area contributed by atoms with Crippen molar-refractivity contribution in [3.63, 3.8) is 0 Å². The first-order chi connectivity index (χ1) is 8.10. The van der Waals surface area contributed by atoms with Crippen molar-refractivity contribution in [2.75, 3.05) is 7.05 Å². The van der Waals surface area contributed by atoms with Gasteiger partial charge in [-0.2, -0.15) is 0 Å². The van der Waals surface area contributed by atoms with E-state index < -0.39 is 11.6 Å². The molecule has 0 heterocycles. The Labute approximate surface area is 106 Å². The van der Waals surface area contributed by atoms with E-state index in [9.17, 15) is 9.90 Å². The summed E-state index contributed by atoms with van der Waals surface area (Å²) in [6.07, 6.45) is 0.850. The summed E-state index contributed by atoms with van der Waals surface area (Å²) in [5.41, 5.74) is 0.0680. The summed E-state index contributed by atoms with van der Waals surface area (Å²) in [5.74, 6) is 0.00634. The van der Waals surface area contributed by atoms with E-state index in [1.165, 1.54) is 0 Å². The zero-order valence-corrected chi connectivity index (χ0v) is 10.5. The van der Waals surface area contributed by atoms with Crippen molar-refractivity contribution in [3.05, 3.63) is 34.9 Å². The minimum Gasteiger partial charge on any atom is -0.393 e. The molecule has 0 spiro atoms. The number of benzene rings is 1. The van der Waals surface area contributed by atoms with Gasteiger partial charge in [-0.05, 0) is 31.5 Å². The molecule has 0 radical (unpaired) electrons. The van der Waals surface area contributed by atoms with Crippen LogP contribution in [0, 0.1) is 0 Å². The third-order valence-corrected chi connectivity index (χ3v) is 3.84. The number of hydrogen-bond donors (Lipinski definition) is 2. The standard InChI is InChI=1S/C13H16ClNO2/c1-15-13(7-6-9(16)8-12(13)17)10-4-2-3-5-11(10)14/h2-5,9,15-16H,6-8H2,1H3/t9-,13+/m0/s1. The number of aliphatic hydroxyl groups excluding tert-OH is 1. The fourth-order valence-electron chi connectivity index (χ4n) is 2.50. The zero-order valence-electron chi connectivity index (χ0n) is 9.74. The molecule has 1 saturated carbocycles. The second-order valence-corrected chi connectivity index (χ2v) is 4.86. The van der Waals surface area contributed by atoms with Gasteiger partial charge in [-0.3, -0.25) is 4.79 Å². The van der Waals surface area contributed by atoms with Crippen LogP contribution < -0.4 is 5.32 Å². The SMILES string of the molecule is CN[C@@]1(c2ccccc2Cl)CC[C@H](O)CC1=O. The summed E-state index contributed by atoms with van der Waals surface area (Å²) < 4.78 is 0. The molecule has 0 aliphatic heterocycles. The summed E-state index contributed by atoms with van der Waals surface area (Å²) in [5, 5.41) is 13.2. The molecule has 0 aromatic heterocycles. The highest BCUT2D eigenvalue weighted by Crippen LogP contribution is 2.37. The van der Waals surface area contributed by atoms with E-state index >= 15 is 0 Å². The molecule has 2 rings (SSSR count). The van der Waals surface area contributed by atoms with E-state index in [4.69, 9.17) is 11.6 Å². The molecular weight excluding hydrogens is 238 g/mol. The largest absolute Gasteiger partial charge is 0.393 e. The predicted molar refractivity (Wildman–Crippen MR) is 67.1 cm³/mol. The number of carbonyl (C=O) groups is 1. The van der Waals surface area contributed by atoms with Crippen LogP contribution in [0.15, 0.2) is 24.3 Å². The first kappa shape index (κ1) is 12.6. The summed E-state index contributed by atoms with van der Waals surface area (Å²) in [7, 11) is 1.76. The number of ketones is 1. The van der Waals surface area contributed by atoms with Gasteiger partial charge in [0.2, 0.25) is 0 Å². The smallest absolute Gasteiger partial charge is 0.160 e. The predicted octanol–water partition coefficient (Wildman–Crippen LogP) is 1.87. The molecule has 92 valence electrons. The van der Waals surface area contributed by atoms with Crippen molar-refractivity contribution in [2.24, 2.45) is 0 Å². The minimum absolute atomic E-state index is 0.00634. The molecule has 0 amide bonds. The average molecular weight is 254 g/mol. The molecule has 0 unspecified atom stereocenters. The first-order valence-electron chi connectivity index (χ1n) is 5.75. The van der Waals surface area contributed by atoms with Gasteiger partial charge in [-0.25, -0.2) is 0 Å². The zero-order chi connectivity index (χ0) is 12.5. The van der Waals surface area contributed by atoms with Gasteiger partial charge in [0.25, 0.3) is 0 Å². The highest BCUT2D eigenvalue weighted by atomic mass is 35.5. The molecule has 1 aromatic rings. The van der Waals surface area contributed by atoms with Crippen molar-refractivity contribution in [3.8, 4) is 0 Å². The Morgan fingerprint density at radius 2 is 2.18 bits per heavy atom. The highest BCUT2D eigenvalue weighted by molar-refractivity contribution is 6.31. The Kier molecular flexibility index (Phi) is 3.52. The van der Waals surface area contributed by atoms with Crippen LogP contribution in [0.25, 0.3) is 0 Å². The molecule has 0 saturated heterocycles. The molecule has 17 heavy (non-hydrogen) atoms. The Hall–Kier alpha value is -0.900. The summed E-state index contributed by atoms with van der Waals surface area (Å²) >= 11 is 6.17. The van der Waals surface area contributed by atoms with Gasteiger partial charge < -0.3 is 10.4 Å². The number of hydrogen-bond acceptors (Lipinski definition) is 3. The normalized spacial score (nSPS) is 29.4. The summed E-state index contributed by atoms with van der Waals surface area (Å²) in [6, 6.07) is 7.37. The maximum absolute atomic E-state index is 12.2. The van der Waals surface area contributed by atoms with Gasteiger partial charge in [0, 0.05) is 11.4 Å².